The summed E-state index contributed by atoms with van der Waals surface area (Å²) in [4.78, 5) is 6.99. The topological polar surface area (TPSA) is 46.1 Å². The van der Waals surface area contributed by atoms with Crippen molar-refractivity contribution in [3.8, 4) is 0 Å². The highest BCUT2D eigenvalue weighted by atomic mass is 127. The number of aliphatic imine (C=N–C) groups is 1. The van der Waals surface area contributed by atoms with Crippen LogP contribution in [0.15, 0.2) is 29.3 Å². The third-order valence-electron chi connectivity index (χ3n) is 7.48. The second kappa shape index (κ2) is 12.8. The fourth-order valence-corrected chi connectivity index (χ4v) is 5.79. The van der Waals surface area contributed by atoms with E-state index >= 15 is 0 Å². The first-order valence-corrected chi connectivity index (χ1v) is 12.5. The second-order valence-electron chi connectivity index (χ2n) is 9.44. The van der Waals surface area contributed by atoms with E-state index in [9.17, 15) is 0 Å². The van der Waals surface area contributed by atoms with Crippen molar-refractivity contribution >= 4 is 41.5 Å². The summed E-state index contributed by atoms with van der Waals surface area (Å²) in [5.41, 5.74) is 1.21. The minimum Gasteiger partial charge on any atom is -0.381 e. The number of nitrogens with zero attached hydrogens (tertiary/aromatic N) is 2. The molecule has 1 saturated carbocycles. The van der Waals surface area contributed by atoms with Gasteiger partial charge in [-0.05, 0) is 56.1 Å². The molecule has 4 rings (SSSR count). The Labute approximate surface area is 215 Å². The minimum absolute atomic E-state index is 0. The molecule has 0 radical (unpaired) electrons. The third-order valence-corrected chi connectivity index (χ3v) is 7.81. The predicted octanol–water partition coefficient (Wildman–Crippen LogP) is 5.25. The maximum absolute atomic E-state index is 6.61. The highest BCUT2D eigenvalue weighted by Gasteiger charge is 2.36. The summed E-state index contributed by atoms with van der Waals surface area (Å²) in [5.74, 6) is 1.79. The lowest BCUT2D eigenvalue weighted by molar-refractivity contribution is 0.000849. The summed E-state index contributed by atoms with van der Waals surface area (Å²) in [6.07, 6.45) is 9.98. The quantitative estimate of drug-likeness (QED) is 0.286. The van der Waals surface area contributed by atoms with Gasteiger partial charge in [-0.1, -0.05) is 42.6 Å². The lowest BCUT2D eigenvalue weighted by Crippen LogP contribution is -2.51. The number of hydrogen-bond acceptors (Lipinski definition) is 3. The van der Waals surface area contributed by atoms with E-state index in [-0.39, 0.29) is 29.4 Å². The van der Waals surface area contributed by atoms with E-state index in [0.717, 1.165) is 82.0 Å². The van der Waals surface area contributed by atoms with Crippen molar-refractivity contribution in [2.24, 2.45) is 10.9 Å². The van der Waals surface area contributed by atoms with Crippen molar-refractivity contribution in [2.75, 3.05) is 46.5 Å². The molecule has 32 heavy (non-hydrogen) atoms. The molecule has 5 nitrogen and oxygen atoms in total. The van der Waals surface area contributed by atoms with E-state index in [0.29, 0.717) is 6.10 Å². The van der Waals surface area contributed by atoms with Crippen LogP contribution in [0.1, 0.15) is 56.9 Å². The third kappa shape index (κ3) is 6.51. The van der Waals surface area contributed by atoms with E-state index < -0.39 is 0 Å². The van der Waals surface area contributed by atoms with Gasteiger partial charge in [-0.25, -0.2) is 0 Å². The number of ether oxygens (including phenoxy) is 2. The van der Waals surface area contributed by atoms with Crippen molar-refractivity contribution in [2.45, 2.75) is 62.9 Å². The lowest BCUT2D eigenvalue weighted by atomic mass is 9.74. The van der Waals surface area contributed by atoms with Crippen LogP contribution in [0.4, 0.5) is 0 Å². The molecule has 2 heterocycles. The van der Waals surface area contributed by atoms with Crippen LogP contribution < -0.4 is 5.32 Å². The Morgan fingerprint density at radius 2 is 1.84 bits per heavy atom. The van der Waals surface area contributed by atoms with Gasteiger partial charge < -0.3 is 19.7 Å². The molecule has 1 aromatic carbocycles. The lowest BCUT2D eigenvalue weighted by Gasteiger charge is -2.40. The molecule has 1 N–H and O–H groups in total. The van der Waals surface area contributed by atoms with Crippen LogP contribution in [0, 0.1) is 5.92 Å². The van der Waals surface area contributed by atoms with Crippen LogP contribution in [0.25, 0.3) is 0 Å². The maximum Gasteiger partial charge on any atom is 0.193 e. The first-order valence-electron chi connectivity index (χ1n) is 12.1. The highest BCUT2D eigenvalue weighted by Crippen LogP contribution is 2.38. The smallest absolute Gasteiger partial charge is 0.193 e. The van der Waals surface area contributed by atoms with Gasteiger partial charge >= 0.3 is 0 Å². The van der Waals surface area contributed by atoms with Crippen molar-refractivity contribution in [1.82, 2.24) is 10.2 Å². The normalized spacial score (nSPS) is 22.6. The summed E-state index contributed by atoms with van der Waals surface area (Å²) in [6, 6.07) is 8.26. The van der Waals surface area contributed by atoms with Crippen LogP contribution >= 0.6 is 35.6 Å². The summed E-state index contributed by atoms with van der Waals surface area (Å²) < 4.78 is 11.9. The molecule has 0 bridgehead atoms. The number of nitrogens with one attached hydrogen (secondary N) is 1. The predicted molar refractivity (Wildman–Crippen MR) is 142 cm³/mol. The van der Waals surface area contributed by atoms with Gasteiger partial charge in [0.25, 0.3) is 0 Å². The molecule has 1 aliphatic carbocycles. The number of likely N-dealkylation sites (tertiary alicyclic amines) is 1. The molecule has 2 saturated heterocycles. The average Bonchev–Trinajstić information content (AvgIpc) is 3.33. The van der Waals surface area contributed by atoms with Crippen LogP contribution in [-0.2, 0) is 14.9 Å². The Balaban J connectivity index is 0.00000289. The number of hydrogen-bond donors (Lipinski definition) is 1. The van der Waals surface area contributed by atoms with Gasteiger partial charge in [0.1, 0.15) is 0 Å². The molecule has 7 heteroatoms. The molecular weight excluding hydrogens is 537 g/mol. The second-order valence-corrected chi connectivity index (χ2v) is 9.85. The zero-order chi connectivity index (χ0) is 21.5. The van der Waals surface area contributed by atoms with Gasteiger partial charge in [-0.3, -0.25) is 4.99 Å². The Kier molecular flexibility index (Phi) is 10.4. The SMILES string of the molecule is CN=C(NCC1(c2ccccc2Cl)CCOCC1)N1CCC(OCC2CCCC2)CC1.I. The molecule has 2 aliphatic heterocycles. The van der Waals surface area contributed by atoms with Crippen molar-refractivity contribution < 1.29 is 9.47 Å². The van der Waals surface area contributed by atoms with Gasteiger partial charge in [0.05, 0.1) is 6.10 Å². The van der Waals surface area contributed by atoms with Crippen LogP contribution in [0.3, 0.4) is 0 Å². The summed E-state index contributed by atoms with van der Waals surface area (Å²) in [5, 5.41) is 4.54. The number of benzene rings is 1. The largest absolute Gasteiger partial charge is 0.381 e. The van der Waals surface area contributed by atoms with Gasteiger partial charge in [0.2, 0.25) is 0 Å². The zero-order valence-corrected chi connectivity index (χ0v) is 22.4. The molecule has 1 aromatic rings. The van der Waals surface area contributed by atoms with E-state index in [1.165, 1.54) is 31.2 Å². The van der Waals surface area contributed by atoms with E-state index in [1.807, 2.05) is 19.2 Å². The van der Waals surface area contributed by atoms with E-state index in [1.54, 1.807) is 0 Å². The van der Waals surface area contributed by atoms with Crippen molar-refractivity contribution in [1.29, 1.82) is 0 Å². The molecule has 0 spiro atoms. The van der Waals surface area contributed by atoms with Crippen molar-refractivity contribution in [3.63, 3.8) is 0 Å². The highest BCUT2D eigenvalue weighted by molar-refractivity contribution is 14.0. The van der Waals surface area contributed by atoms with Gasteiger partial charge in [-0.2, -0.15) is 0 Å². The molecular formula is C25H39ClIN3O2. The molecule has 0 atom stereocenters. The number of guanidine groups is 1. The average molecular weight is 576 g/mol. The summed E-state index contributed by atoms with van der Waals surface area (Å²) in [7, 11) is 1.89. The van der Waals surface area contributed by atoms with Crippen LogP contribution in [0.2, 0.25) is 5.02 Å². The number of piperidine rings is 1. The first kappa shape index (κ1) is 26.0. The first-order chi connectivity index (χ1) is 15.2. The molecule has 0 unspecified atom stereocenters. The van der Waals surface area contributed by atoms with Gasteiger partial charge in [-0.15, -0.1) is 24.0 Å². The van der Waals surface area contributed by atoms with E-state index in [2.05, 4.69) is 27.3 Å². The summed E-state index contributed by atoms with van der Waals surface area (Å²) >= 11 is 6.61. The Bertz CT molecular complexity index is 728. The maximum atomic E-state index is 6.61. The Morgan fingerprint density at radius 3 is 2.50 bits per heavy atom. The monoisotopic (exact) mass is 575 g/mol. The molecule has 180 valence electrons. The number of rotatable bonds is 6. The zero-order valence-electron chi connectivity index (χ0n) is 19.4. The van der Waals surface area contributed by atoms with Crippen LogP contribution in [-0.4, -0.2) is 63.5 Å². The molecule has 0 amide bonds. The summed E-state index contributed by atoms with van der Waals surface area (Å²) in [6.45, 7) is 5.32. The van der Waals surface area contributed by atoms with Crippen LogP contribution in [0.5, 0.6) is 0 Å². The Morgan fingerprint density at radius 1 is 1.16 bits per heavy atom. The van der Waals surface area contributed by atoms with E-state index in [4.69, 9.17) is 21.1 Å². The molecule has 0 aromatic heterocycles. The fourth-order valence-electron chi connectivity index (χ4n) is 5.46. The molecule has 3 aliphatic rings. The Hall–Kier alpha value is -0.570. The van der Waals surface area contributed by atoms with Gasteiger partial charge in [0.15, 0.2) is 5.96 Å². The minimum atomic E-state index is -0.0186. The van der Waals surface area contributed by atoms with Gasteiger partial charge in [0, 0.05) is 56.9 Å². The molecule has 3 fully saturated rings. The number of halogens is 2. The standard InChI is InChI=1S/C25H38ClN3O2.HI/c1-27-24(29-14-10-21(11-15-29)31-18-20-6-2-3-7-20)28-19-25(12-16-30-17-13-25)22-8-4-5-9-23(22)26;/h4-5,8-9,20-21H,2-3,6-7,10-19H2,1H3,(H,27,28);1H. The van der Waals surface area contributed by atoms with Crippen molar-refractivity contribution in [3.05, 3.63) is 34.9 Å². The fraction of sp³-hybridized carbons (Fsp3) is 0.720.